The fraction of sp³-hybridized carbons (Fsp3) is 0.0588. The van der Waals surface area contributed by atoms with Crippen molar-refractivity contribution >= 4 is 23.4 Å². The largest absolute Gasteiger partial charge is 0.422 e. The van der Waals surface area contributed by atoms with Gasteiger partial charge in [0.25, 0.3) is 0 Å². The topological polar surface area (TPSA) is 43.4 Å². The summed E-state index contributed by atoms with van der Waals surface area (Å²) in [5.74, 6) is -0.708. The van der Waals surface area contributed by atoms with Crippen LogP contribution in [-0.4, -0.2) is 11.8 Å². The molecule has 0 aliphatic rings. The number of hydrogen-bond acceptors (Lipinski definition) is 3. The van der Waals surface area contributed by atoms with E-state index in [4.69, 9.17) is 16.3 Å². The average Bonchev–Trinajstić information content (AvgIpc) is 2.47. The van der Waals surface area contributed by atoms with Crippen LogP contribution in [0.15, 0.2) is 60.7 Å². The van der Waals surface area contributed by atoms with Crippen LogP contribution in [0.3, 0.4) is 0 Å². The van der Waals surface area contributed by atoms with Crippen molar-refractivity contribution in [3.63, 3.8) is 0 Å². The molecule has 0 fully saturated rings. The number of esters is 1. The standard InChI is InChI=1S/C17H13ClO3/c1-11(2)17(20)21-15-10-13(18)8-9-14(15)16(19)12-6-4-3-5-7-12/h3-10H,1H2,2H3. The van der Waals surface area contributed by atoms with Gasteiger partial charge in [-0.3, -0.25) is 4.79 Å². The van der Waals surface area contributed by atoms with E-state index in [0.717, 1.165) is 0 Å². The first kappa shape index (κ1) is 15.0. The van der Waals surface area contributed by atoms with Crippen LogP contribution in [0, 0.1) is 0 Å². The lowest BCUT2D eigenvalue weighted by molar-refractivity contribution is -0.130. The molecule has 2 rings (SSSR count). The second-order valence-corrected chi connectivity index (χ2v) is 4.94. The minimum absolute atomic E-state index is 0.129. The van der Waals surface area contributed by atoms with Crippen molar-refractivity contribution in [3.05, 3.63) is 76.8 Å². The lowest BCUT2D eigenvalue weighted by atomic mass is 10.0. The molecule has 0 N–H and O–H groups in total. The number of benzene rings is 2. The maximum atomic E-state index is 12.5. The third-order valence-corrected chi connectivity index (χ3v) is 3.01. The number of carbonyl (C=O) groups excluding carboxylic acids is 2. The molecule has 2 aromatic rings. The average molecular weight is 301 g/mol. The highest BCUT2D eigenvalue weighted by Crippen LogP contribution is 2.26. The van der Waals surface area contributed by atoms with Crippen LogP contribution in [0.1, 0.15) is 22.8 Å². The summed E-state index contributed by atoms with van der Waals surface area (Å²) < 4.78 is 5.19. The number of halogens is 1. The highest BCUT2D eigenvalue weighted by molar-refractivity contribution is 6.31. The Bertz CT molecular complexity index is 705. The molecule has 4 heteroatoms. The van der Waals surface area contributed by atoms with Crippen molar-refractivity contribution in [3.8, 4) is 5.75 Å². The van der Waals surface area contributed by atoms with E-state index in [-0.39, 0.29) is 22.7 Å². The zero-order valence-electron chi connectivity index (χ0n) is 11.4. The zero-order chi connectivity index (χ0) is 15.4. The molecular formula is C17H13ClO3. The Balaban J connectivity index is 2.42. The quantitative estimate of drug-likeness (QED) is 0.370. The fourth-order valence-corrected chi connectivity index (χ4v) is 1.86. The molecule has 0 aliphatic carbocycles. The van der Waals surface area contributed by atoms with Gasteiger partial charge >= 0.3 is 5.97 Å². The molecule has 3 nitrogen and oxygen atoms in total. The van der Waals surface area contributed by atoms with Crippen LogP contribution in [0.25, 0.3) is 0 Å². The summed E-state index contributed by atoms with van der Waals surface area (Å²) in [4.78, 5) is 24.1. The molecule has 0 amide bonds. The smallest absolute Gasteiger partial charge is 0.338 e. The summed E-state index contributed by atoms with van der Waals surface area (Å²) in [6.45, 7) is 5.05. The molecule has 21 heavy (non-hydrogen) atoms. The summed E-state index contributed by atoms with van der Waals surface area (Å²) in [5.41, 5.74) is 1.03. The van der Waals surface area contributed by atoms with E-state index in [1.807, 2.05) is 6.07 Å². The lowest BCUT2D eigenvalue weighted by Gasteiger charge is -2.10. The van der Waals surface area contributed by atoms with Crippen molar-refractivity contribution in [1.29, 1.82) is 0 Å². The number of ether oxygens (including phenoxy) is 1. The van der Waals surface area contributed by atoms with Gasteiger partial charge < -0.3 is 4.74 Å². The summed E-state index contributed by atoms with van der Waals surface area (Å²) >= 11 is 5.91. The van der Waals surface area contributed by atoms with Gasteiger partial charge in [-0.15, -0.1) is 0 Å². The Morgan fingerprint density at radius 2 is 1.76 bits per heavy atom. The summed E-state index contributed by atoms with van der Waals surface area (Å²) in [6.07, 6.45) is 0. The van der Waals surface area contributed by atoms with Crippen LogP contribution < -0.4 is 4.74 Å². The highest BCUT2D eigenvalue weighted by atomic mass is 35.5. The maximum Gasteiger partial charge on any atom is 0.338 e. The van der Waals surface area contributed by atoms with Gasteiger partial charge in [-0.25, -0.2) is 4.79 Å². The Kier molecular flexibility index (Phi) is 4.55. The van der Waals surface area contributed by atoms with Crippen LogP contribution in [0.2, 0.25) is 5.02 Å². The summed E-state index contributed by atoms with van der Waals surface area (Å²) in [6, 6.07) is 13.3. The van der Waals surface area contributed by atoms with Crippen molar-refractivity contribution < 1.29 is 14.3 Å². The Labute approximate surface area is 127 Å². The van der Waals surface area contributed by atoms with E-state index in [1.54, 1.807) is 36.4 Å². The van der Waals surface area contributed by atoms with Crippen molar-refractivity contribution in [2.24, 2.45) is 0 Å². The monoisotopic (exact) mass is 300 g/mol. The molecule has 0 spiro atoms. The fourth-order valence-electron chi connectivity index (χ4n) is 1.70. The second kappa shape index (κ2) is 6.37. The SMILES string of the molecule is C=C(C)C(=O)Oc1cc(Cl)ccc1C(=O)c1ccccc1. The molecule has 0 saturated carbocycles. The predicted molar refractivity (Wildman–Crippen MR) is 81.8 cm³/mol. The first-order chi connectivity index (χ1) is 9.99. The van der Waals surface area contributed by atoms with E-state index in [1.165, 1.54) is 13.0 Å². The Morgan fingerprint density at radius 3 is 2.38 bits per heavy atom. The van der Waals surface area contributed by atoms with Gasteiger partial charge in [-0.05, 0) is 19.1 Å². The molecule has 0 bridgehead atoms. The van der Waals surface area contributed by atoms with Crippen LogP contribution in [0.5, 0.6) is 5.75 Å². The Morgan fingerprint density at radius 1 is 1.10 bits per heavy atom. The number of carbonyl (C=O) groups is 2. The maximum absolute atomic E-state index is 12.5. The molecule has 0 unspecified atom stereocenters. The molecule has 0 aromatic heterocycles. The molecule has 106 valence electrons. The minimum Gasteiger partial charge on any atom is -0.422 e. The van der Waals surface area contributed by atoms with Crippen molar-refractivity contribution in [2.45, 2.75) is 6.92 Å². The van der Waals surface area contributed by atoms with Crippen LogP contribution in [0.4, 0.5) is 0 Å². The normalized spacial score (nSPS) is 10.0. The highest BCUT2D eigenvalue weighted by Gasteiger charge is 2.17. The molecule has 0 atom stereocenters. The number of rotatable bonds is 4. The van der Waals surface area contributed by atoms with E-state index in [9.17, 15) is 9.59 Å². The molecule has 0 heterocycles. The first-order valence-corrected chi connectivity index (χ1v) is 6.64. The third kappa shape index (κ3) is 3.58. The first-order valence-electron chi connectivity index (χ1n) is 6.26. The summed E-state index contributed by atoms with van der Waals surface area (Å²) in [5, 5.41) is 0.379. The molecule has 2 aromatic carbocycles. The van der Waals surface area contributed by atoms with Gasteiger partial charge in [-0.1, -0.05) is 48.5 Å². The molecule has 0 saturated heterocycles. The van der Waals surface area contributed by atoms with Gasteiger partial charge in [0.15, 0.2) is 5.78 Å². The van der Waals surface area contributed by atoms with Gasteiger partial charge in [0, 0.05) is 22.2 Å². The van der Waals surface area contributed by atoms with E-state index in [2.05, 4.69) is 6.58 Å². The molecule has 0 radical (unpaired) electrons. The summed E-state index contributed by atoms with van der Waals surface area (Å²) in [7, 11) is 0. The lowest BCUT2D eigenvalue weighted by Crippen LogP contribution is -2.12. The van der Waals surface area contributed by atoms with E-state index in [0.29, 0.717) is 10.6 Å². The van der Waals surface area contributed by atoms with Gasteiger partial charge in [-0.2, -0.15) is 0 Å². The Hall–Kier alpha value is -2.39. The van der Waals surface area contributed by atoms with Crippen molar-refractivity contribution in [2.75, 3.05) is 0 Å². The number of hydrogen-bond donors (Lipinski definition) is 0. The molecule has 0 aliphatic heterocycles. The number of ketones is 1. The van der Waals surface area contributed by atoms with Gasteiger partial charge in [0.1, 0.15) is 5.75 Å². The van der Waals surface area contributed by atoms with Crippen LogP contribution >= 0.6 is 11.6 Å². The van der Waals surface area contributed by atoms with E-state index >= 15 is 0 Å². The van der Waals surface area contributed by atoms with Gasteiger partial charge in [0.2, 0.25) is 0 Å². The minimum atomic E-state index is -0.598. The second-order valence-electron chi connectivity index (χ2n) is 4.51. The predicted octanol–water partition coefficient (Wildman–Crippen LogP) is 4.05. The zero-order valence-corrected chi connectivity index (χ0v) is 12.2. The van der Waals surface area contributed by atoms with Crippen molar-refractivity contribution in [1.82, 2.24) is 0 Å². The van der Waals surface area contributed by atoms with E-state index < -0.39 is 5.97 Å². The van der Waals surface area contributed by atoms with Crippen LogP contribution in [-0.2, 0) is 4.79 Å². The molecular weight excluding hydrogens is 288 g/mol. The van der Waals surface area contributed by atoms with Gasteiger partial charge in [0.05, 0.1) is 5.56 Å². The third-order valence-electron chi connectivity index (χ3n) is 2.78.